The number of nitrogens with zero attached hydrogens (tertiary/aromatic N) is 5. The smallest absolute Gasteiger partial charge is 0.260 e. The minimum Gasteiger partial charge on any atom is -0.467 e. The molecule has 3 aromatic heterocycles. The zero-order chi connectivity index (χ0) is 15.5. The average molecular weight is 301 g/mol. The van der Waals surface area contributed by atoms with E-state index in [0.29, 0.717) is 18.1 Å². The number of carbonyl (C=O) groups excluding carboxylic acids is 1. The molecule has 0 N–H and O–H groups in total. The van der Waals surface area contributed by atoms with Gasteiger partial charge in [0, 0.05) is 13.1 Å². The first kappa shape index (κ1) is 14.1. The van der Waals surface area contributed by atoms with Gasteiger partial charge in [0.05, 0.1) is 6.54 Å². The third kappa shape index (κ3) is 3.05. The van der Waals surface area contributed by atoms with Gasteiger partial charge in [0.1, 0.15) is 17.8 Å². The summed E-state index contributed by atoms with van der Waals surface area (Å²) in [5, 5.41) is 11.7. The lowest BCUT2D eigenvalue weighted by Crippen LogP contribution is -2.31. The normalized spacial score (nSPS) is 10.8. The number of hydrogen-bond donors (Lipinski definition) is 0. The second kappa shape index (κ2) is 5.84. The van der Waals surface area contributed by atoms with E-state index in [-0.39, 0.29) is 12.5 Å². The quantitative estimate of drug-likeness (QED) is 0.700. The Bertz CT molecular complexity index is 794. The number of rotatable bonds is 5. The molecule has 0 aromatic carbocycles. The SMILES string of the molecule is Cc1ccc(CN(C)C(=O)COc2ccc3nncn3n2)o1. The number of aromatic nitrogens is 4. The van der Waals surface area contributed by atoms with Crippen molar-refractivity contribution in [2.75, 3.05) is 13.7 Å². The standard InChI is InChI=1S/C14H15N5O3/c1-10-3-4-11(22-10)7-18(2)14(20)8-21-13-6-5-12-16-15-9-19(12)17-13/h3-6,9H,7-8H2,1-2H3. The van der Waals surface area contributed by atoms with Crippen LogP contribution in [-0.2, 0) is 11.3 Å². The summed E-state index contributed by atoms with van der Waals surface area (Å²) < 4.78 is 12.3. The van der Waals surface area contributed by atoms with Gasteiger partial charge in [-0.25, -0.2) is 0 Å². The molecule has 8 heteroatoms. The molecule has 3 heterocycles. The van der Waals surface area contributed by atoms with E-state index in [1.165, 1.54) is 15.7 Å². The first-order chi connectivity index (χ1) is 10.6. The van der Waals surface area contributed by atoms with Gasteiger partial charge in [-0.1, -0.05) is 0 Å². The Morgan fingerprint density at radius 1 is 1.36 bits per heavy atom. The Hall–Kier alpha value is -2.90. The van der Waals surface area contributed by atoms with Crippen molar-refractivity contribution in [2.45, 2.75) is 13.5 Å². The predicted octanol–water partition coefficient (Wildman–Crippen LogP) is 1.06. The molecule has 0 aliphatic carbocycles. The average Bonchev–Trinajstić information content (AvgIpc) is 3.12. The van der Waals surface area contributed by atoms with Crippen molar-refractivity contribution in [1.29, 1.82) is 0 Å². The van der Waals surface area contributed by atoms with Gasteiger partial charge in [0.25, 0.3) is 5.91 Å². The summed E-state index contributed by atoms with van der Waals surface area (Å²) in [6.07, 6.45) is 1.47. The minimum atomic E-state index is -0.167. The third-order valence-electron chi connectivity index (χ3n) is 3.10. The van der Waals surface area contributed by atoms with E-state index in [2.05, 4.69) is 15.3 Å². The molecule has 3 aromatic rings. The van der Waals surface area contributed by atoms with Crippen LogP contribution in [0.5, 0.6) is 5.88 Å². The second-order valence-electron chi connectivity index (χ2n) is 4.86. The Kier molecular flexibility index (Phi) is 3.73. The van der Waals surface area contributed by atoms with Crippen molar-refractivity contribution in [3.8, 4) is 5.88 Å². The van der Waals surface area contributed by atoms with E-state index in [0.717, 1.165) is 11.5 Å². The number of likely N-dealkylation sites (N-methyl/N-ethyl adjacent to an activating group) is 1. The van der Waals surface area contributed by atoms with Crippen LogP contribution in [0.2, 0.25) is 0 Å². The van der Waals surface area contributed by atoms with Crippen LogP contribution >= 0.6 is 0 Å². The topological polar surface area (TPSA) is 85.8 Å². The van der Waals surface area contributed by atoms with Crippen LogP contribution in [0.15, 0.2) is 35.0 Å². The summed E-state index contributed by atoms with van der Waals surface area (Å²) in [6, 6.07) is 7.08. The molecule has 22 heavy (non-hydrogen) atoms. The number of carbonyl (C=O) groups is 1. The maximum atomic E-state index is 12.0. The van der Waals surface area contributed by atoms with Gasteiger partial charge in [-0.15, -0.1) is 15.3 Å². The Morgan fingerprint density at radius 3 is 3.00 bits per heavy atom. The first-order valence-electron chi connectivity index (χ1n) is 6.71. The van der Waals surface area contributed by atoms with Crippen LogP contribution in [0, 0.1) is 6.92 Å². The highest BCUT2D eigenvalue weighted by atomic mass is 16.5. The van der Waals surface area contributed by atoms with E-state index >= 15 is 0 Å². The molecule has 0 unspecified atom stereocenters. The van der Waals surface area contributed by atoms with E-state index < -0.39 is 0 Å². The van der Waals surface area contributed by atoms with Gasteiger partial charge in [0.15, 0.2) is 12.3 Å². The highest BCUT2D eigenvalue weighted by Crippen LogP contribution is 2.10. The van der Waals surface area contributed by atoms with Crippen LogP contribution in [-0.4, -0.2) is 44.3 Å². The molecule has 8 nitrogen and oxygen atoms in total. The molecule has 1 amide bonds. The summed E-state index contributed by atoms with van der Waals surface area (Å²) in [5.74, 6) is 1.72. The van der Waals surface area contributed by atoms with Gasteiger partial charge >= 0.3 is 0 Å². The zero-order valence-corrected chi connectivity index (χ0v) is 12.3. The van der Waals surface area contributed by atoms with Crippen molar-refractivity contribution in [3.05, 3.63) is 42.1 Å². The molecule has 0 aliphatic rings. The van der Waals surface area contributed by atoms with Crippen LogP contribution in [0.25, 0.3) is 5.65 Å². The second-order valence-corrected chi connectivity index (χ2v) is 4.86. The zero-order valence-electron chi connectivity index (χ0n) is 12.3. The highest BCUT2D eigenvalue weighted by molar-refractivity contribution is 5.77. The number of fused-ring (bicyclic) bond motifs is 1. The molecule has 3 rings (SSSR count). The van der Waals surface area contributed by atoms with Crippen molar-refractivity contribution in [1.82, 2.24) is 24.7 Å². The number of ether oxygens (including phenoxy) is 1. The summed E-state index contributed by atoms with van der Waals surface area (Å²) in [5.41, 5.74) is 0.615. The van der Waals surface area contributed by atoms with Crippen molar-refractivity contribution in [2.24, 2.45) is 0 Å². The number of furan rings is 1. The van der Waals surface area contributed by atoms with Gasteiger partial charge in [-0.3, -0.25) is 4.79 Å². The largest absolute Gasteiger partial charge is 0.467 e. The minimum absolute atomic E-state index is 0.100. The molecular weight excluding hydrogens is 286 g/mol. The van der Waals surface area contributed by atoms with Crippen molar-refractivity contribution >= 4 is 11.6 Å². The molecular formula is C14H15N5O3. The lowest BCUT2D eigenvalue weighted by molar-refractivity contribution is -0.132. The summed E-state index contributed by atoms with van der Waals surface area (Å²) in [7, 11) is 1.69. The molecule has 0 aliphatic heterocycles. The van der Waals surface area contributed by atoms with E-state index in [9.17, 15) is 4.79 Å². The molecule has 0 bridgehead atoms. The monoisotopic (exact) mass is 301 g/mol. The summed E-state index contributed by atoms with van der Waals surface area (Å²) >= 11 is 0. The maximum absolute atomic E-state index is 12.0. The number of amides is 1. The van der Waals surface area contributed by atoms with Crippen LogP contribution in [0.4, 0.5) is 0 Å². The fourth-order valence-electron chi connectivity index (χ4n) is 1.93. The molecule has 0 atom stereocenters. The molecule has 0 saturated carbocycles. The lowest BCUT2D eigenvalue weighted by atomic mass is 10.4. The van der Waals surface area contributed by atoms with Crippen LogP contribution in [0.3, 0.4) is 0 Å². The molecule has 0 radical (unpaired) electrons. The fraction of sp³-hybridized carbons (Fsp3) is 0.286. The van der Waals surface area contributed by atoms with E-state index in [1.54, 1.807) is 19.2 Å². The highest BCUT2D eigenvalue weighted by Gasteiger charge is 2.12. The number of aryl methyl sites for hydroxylation is 1. The Morgan fingerprint density at radius 2 is 2.23 bits per heavy atom. The fourth-order valence-corrected chi connectivity index (χ4v) is 1.93. The van der Waals surface area contributed by atoms with Crippen LogP contribution in [0.1, 0.15) is 11.5 Å². The molecule has 0 fully saturated rings. The van der Waals surface area contributed by atoms with Crippen LogP contribution < -0.4 is 4.74 Å². The molecule has 0 saturated heterocycles. The van der Waals surface area contributed by atoms with Gasteiger partial charge < -0.3 is 14.1 Å². The molecule has 114 valence electrons. The summed E-state index contributed by atoms with van der Waals surface area (Å²) in [6.45, 7) is 2.16. The first-order valence-corrected chi connectivity index (χ1v) is 6.71. The summed E-state index contributed by atoms with van der Waals surface area (Å²) in [4.78, 5) is 13.6. The van der Waals surface area contributed by atoms with E-state index in [1.807, 2.05) is 19.1 Å². The third-order valence-corrected chi connectivity index (χ3v) is 3.10. The van der Waals surface area contributed by atoms with Crippen molar-refractivity contribution < 1.29 is 13.9 Å². The number of hydrogen-bond acceptors (Lipinski definition) is 6. The molecule has 0 spiro atoms. The maximum Gasteiger partial charge on any atom is 0.260 e. The Labute approximate surface area is 126 Å². The predicted molar refractivity (Wildman–Crippen MR) is 76.2 cm³/mol. The van der Waals surface area contributed by atoms with Crippen molar-refractivity contribution in [3.63, 3.8) is 0 Å². The Balaban J connectivity index is 1.56. The van der Waals surface area contributed by atoms with E-state index in [4.69, 9.17) is 9.15 Å². The van der Waals surface area contributed by atoms with Gasteiger partial charge in [0.2, 0.25) is 5.88 Å². The van der Waals surface area contributed by atoms with Gasteiger partial charge in [-0.2, -0.15) is 4.52 Å². The van der Waals surface area contributed by atoms with Gasteiger partial charge in [-0.05, 0) is 25.1 Å². The lowest BCUT2D eigenvalue weighted by Gasteiger charge is -2.15.